The Morgan fingerprint density at radius 1 is 0.417 bits per heavy atom. The highest BCUT2D eigenvalue weighted by molar-refractivity contribution is 4.99. The Morgan fingerprint density at radius 3 is 0.500 bits per heavy atom. The van der Waals surface area contributed by atoms with Gasteiger partial charge >= 0.3 is 0 Å². The van der Waals surface area contributed by atoms with Gasteiger partial charge < -0.3 is 0 Å². The first kappa shape index (κ1) is 38.1. The summed E-state index contributed by atoms with van der Waals surface area (Å²) in [4.78, 5) is 0. The fraction of sp³-hybridized carbons (Fsp3) is 0.455. The summed E-state index contributed by atoms with van der Waals surface area (Å²) < 4.78 is 22.0. The van der Waals surface area contributed by atoms with Gasteiger partial charge in [-0.3, -0.25) is 0 Å². The van der Waals surface area contributed by atoms with E-state index in [-0.39, 0.29) is 22.3 Å². The Bertz CT molecular complexity index is 248. The van der Waals surface area contributed by atoms with Crippen LogP contribution in [-0.4, -0.2) is 5.92 Å². The third kappa shape index (κ3) is 71.3. The van der Waals surface area contributed by atoms with Crippen LogP contribution in [0.2, 0.25) is 0 Å². The molecule has 0 spiro atoms. The lowest BCUT2D eigenvalue weighted by molar-refractivity contribution is 0.0437. The third-order valence-corrected chi connectivity index (χ3v) is 1.33. The van der Waals surface area contributed by atoms with Crippen molar-refractivity contribution in [3.05, 3.63) is 72.8 Å². The Kier molecular flexibility index (Phi) is 52.4. The molecule has 0 saturated heterocycles. The molecule has 2 aromatic carbocycles. The number of rotatable bonds is 0. The van der Waals surface area contributed by atoms with E-state index in [2.05, 4.69) is 0 Å². The highest BCUT2D eigenvalue weighted by Gasteiger charge is 2.08. The van der Waals surface area contributed by atoms with Crippen LogP contribution in [0.25, 0.3) is 0 Å². The maximum atomic E-state index is 11.0. The Morgan fingerprint density at radius 2 is 0.458 bits per heavy atom. The lowest BCUT2D eigenvalue weighted by atomic mass is 10.4. The minimum Gasteiger partial charge on any atom is -0.208 e. The van der Waals surface area contributed by atoms with Gasteiger partial charge in [0.15, 0.2) is 0 Å². The van der Waals surface area contributed by atoms with Gasteiger partial charge in [-0.1, -0.05) is 123 Å². The van der Waals surface area contributed by atoms with Crippen molar-refractivity contribution in [2.45, 2.75) is 69.7 Å². The molecule has 144 valence electrons. The van der Waals surface area contributed by atoms with E-state index in [4.69, 9.17) is 0 Å². The molecule has 0 aromatic heterocycles. The lowest BCUT2D eigenvalue weighted by Gasteiger charge is -1.94. The van der Waals surface area contributed by atoms with Crippen molar-refractivity contribution >= 4 is 0 Å². The molecule has 0 amide bonds. The average molecular weight is 345 g/mol. The Labute approximate surface area is 152 Å². The molecule has 0 bridgehead atoms. The predicted octanol–water partition coefficient (Wildman–Crippen LogP) is 9.00. The third-order valence-electron chi connectivity index (χ3n) is 1.33. The van der Waals surface area contributed by atoms with Gasteiger partial charge in [-0.25, -0.2) is 8.78 Å². The second kappa shape index (κ2) is 33.0. The van der Waals surface area contributed by atoms with Crippen LogP contribution < -0.4 is 0 Å². The van der Waals surface area contributed by atoms with E-state index in [1.165, 1.54) is 0 Å². The number of benzene rings is 2. The quantitative estimate of drug-likeness (QED) is 0.447. The van der Waals surface area contributed by atoms with E-state index in [0.29, 0.717) is 0 Å². The van der Waals surface area contributed by atoms with Crippen molar-refractivity contribution in [1.82, 2.24) is 0 Å². The minimum atomic E-state index is -2.50. The molecule has 2 aromatic rings. The van der Waals surface area contributed by atoms with Gasteiger partial charge in [0.05, 0.1) is 0 Å². The molecule has 0 saturated carbocycles. The fourth-order valence-electron chi connectivity index (χ4n) is 0.770. The summed E-state index contributed by atoms with van der Waals surface area (Å²) in [5.74, 6) is -2.50. The van der Waals surface area contributed by atoms with Crippen LogP contribution in [0.1, 0.15) is 63.8 Å². The molecule has 0 fully saturated rings. The predicted molar refractivity (Wildman–Crippen MR) is 112 cm³/mol. The Balaban J connectivity index is -0.0000000436. The van der Waals surface area contributed by atoms with Gasteiger partial charge in [0.2, 0.25) is 5.92 Å². The SMILES string of the molecule is C.C.C.CC.CC.CC(C)(F)F.c1ccccc1.c1ccccc1. The van der Waals surface area contributed by atoms with Crippen LogP contribution in [0.5, 0.6) is 0 Å². The molecule has 0 unspecified atom stereocenters. The molecule has 0 heterocycles. The summed E-state index contributed by atoms with van der Waals surface area (Å²) in [6, 6.07) is 24.0. The van der Waals surface area contributed by atoms with Crippen LogP contribution in [0.4, 0.5) is 8.78 Å². The van der Waals surface area contributed by atoms with Crippen molar-refractivity contribution in [1.29, 1.82) is 0 Å². The minimum absolute atomic E-state index is 0. The molecule has 0 aliphatic rings. The van der Waals surface area contributed by atoms with Gasteiger partial charge in [0, 0.05) is 0 Å². The second-order valence-electron chi connectivity index (χ2n) is 3.64. The van der Waals surface area contributed by atoms with Crippen molar-refractivity contribution < 1.29 is 8.78 Å². The fourth-order valence-corrected chi connectivity index (χ4v) is 0.770. The van der Waals surface area contributed by atoms with E-state index in [1.807, 2.05) is 100 Å². The summed E-state index contributed by atoms with van der Waals surface area (Å²) in [5, 5.41) is 0. The summed E-state index contributed by atoms with van der Waals surface area (Å²) >= 11 is 0. The molecule has 0 atom stereocenters. The number of hydrogen-bond donors (Lipinski definition) is 0. The van der Waals surface area contributed by atoms with Gasteiger partial charge in [0.1, 0.15) is 0 Å². The first-order valence-electron chi connectivity index (χ1n) is 7.38. The summed E-state index contributed by atoms with van der Waals surface area (Å²) in [7, 11) is 0. The van der Waals surface area contributed by atoms with Crippen molar-refractivity contribution in [3.8, 4) is 0 Å². The van der Waals surface area contributed by atoms with Crippen molar-refractivity contribution in [2.24, 2.45) is 0 Å². The maximum absolute atomic E-state index is 11.0. The monoisotopic (exact) mass is 344 g/mol. The van der Waals surface area contributed by atoms with Crippen molar-refractivity contribution in [3.63, 3.8) is 0 Å². The highest BCUT2D eigenvalue weighted by atomic mass is 19.3. The van der Waals surface area contributed by atoms with Crippen LogP contribution >= 0.6 is 0 Å². The molecule has 0 N–H and O–H groups in total. The van der Waals surface area contributed by atoms with Gasteiger partial charge in [-0.2, -0.15) is 0 Å². The molecule has 0 nitrogen and oxygen atoms in total. The van der Waals surface area contributed by atoms with Gasteiger partial charge in [-0.05, 0) is 13.8 Å². The normalized spacial score (nSPS) is 7.00. The van der Waals surface area contributed by atoms with Crippen LogP contribution in [0.3, 0.4) is 0 Å². The number of halogens is 2. The average Bonchev–Trinajstić information content (AvgIpc) is 2.54. The van der Waals surface area contributed by atoms with E-state index < -0.39 is 5.92 Å². The molecule has 2 rings (SSSR count). The van der Waals surface area contributed by atoms with E-state index in [0.717, 1.165) is 13.8 Å². The lowest BCUT2D eigenvalue weighted by Crippen LogP contribution is -1.98. The van der Waals surface area contributed by atoms with E-state index in [1.54, 1.807) is 0 Å². The van der Waals surface area contributed by atoms with E-state index in [9.17, 15) is 8.78 Å². The van der Waals surface area contributed by atoms with Crippen molar-refractivity contribution in [2.75, 3.05) is 0 Å². The largest absolute Gasteiger partial charge is 0.242 e. The first-order chi connectivity index (χ1) is 10.0. The molecular weight excluding hydrogens is 302 g/mol. The molecule has 0 aliphatic carbocycles. The molecule has 0 aliphatic heterocycles. The smallest absolute Gasteiger partial charge is 0.208 e. The zero-order valence-corrected chi connectivity index (χ0v) is 14.2. The van der Waals surface area contributed by atoms with Gasteiger partial charge in [0.25, 0.3) is 0 Å². The second-order valence-corrected chi connectivity index (χ2v) is 3.64. The molecule has 24 heavy (non-hydrogen) atoms. The standard InChI is InChI=1S/2C6H6.C3H6F2.2C2H6.3CH4/c2*1-2-4-6-5-3-1;1-3(2,4)5;2*1-2;;;/h2*1-6H;1-2H3;2*1-2H3;3*1H4. The molecular formula is C22H42F2. The van der Waals surface area contributed by atoms with Crippen LogP contribution in [0.15, 0.2) is 72.8 Å². The van der Waals surface area contributed by atoms with Gasteiger partial charge in [-0.15, -0.1) is 0 Å². The maximum Gasteiger partial charge on any atom is 0.242 e. The number of alkyl halides is 2. The summed E-state index contributed by atoms with van der Waals surface area (Å²) in [6.07, 6.45) is 0. The zero-order valence-electron chi connectivity index (χ0n) is 14.2. The molecule has 2 heteroatoms. The van der Waals surface area contributed by atoms with Crippen LogP contribution in [0, 0.1) is 0 Å². The summed E-state index contributed by atoms with van der Waals surface area (Å²) in [6.45, 7) is 9.71. The summed E-state index contributed by atoms with van der Waals surface area (Å²) in [5.41, 5.74) is 0. The topological polar surface area (TPSA) is 0 Å². The Hall–Kier alpha value is -1.70. The van der Waals surface area contributed by atoms with Crippen LogP contribution in [-0.2, 0) is 0 Å². The van der Waals surface area contributed by atoms with E-state index >= 15 is 0 Å². The number of hydrogen-bond acceptors (Lipinski definition) is 0. The molecule has 0 radical (unpaired) electrons. The highest BCUT2D eigenvalue weighted by Crippen LogP contribution is 2.06. The zero-order chi connectivity index (χ0) is 17.0. The first-order valence-corrected chi connectivity index (χ1v) is 7.38.